The van der Waals surface area contributed by atoms with E-state index in [-0.39, 0.29) is 5.88 Å². The largest absolute Gasteiger partial charge is 0.367 e. The van der Waals surface area contributed by atoms with Crippen molar-refractivity contribution in [2.45, 2.75) is 0 Å². The number of benzene rings is 1. The summed E-state index contributed by atoms with van der Waals surface area (Å²) in [6.07, 6.45) is 1.72. The second-order valence-corrected chi connectivity index (χ2v) is 6.21. The van der Waals surface area contributed by atoms with Gasteiger partial charge in [-0.05, 0) is 52.9 Å². The maximum absolute atomic E-state index is 5.91. The molecular weight excluding hydrogens is 433 g/mol. The number of anilines is 1. The van der Waals surface area contributed by atoms with Gasteiger partial charge in [0.1, 0.15) is 5.69 Å². The van der Waals surface area contributed by atoms with Crippen LogP contribution < -0.4 is 5.73 Å². The first kappa shape index (κ1) is 13.6. The molecule has 0 radical (unpaired) electrons. The molecule has 0 spiro atoms. The highest BCUT2D eigenvalue weighted by Crippen LogP contribution is 2.38. The molecule has 4 nitrogen and oxygen atoms in total. The van der Waals surface area contributed by atoms with Crippen LogP contribution in [0.25, 0.3) is 22.5 Å². The van der Waals surface area contributed by atoms with Gasteiger partial charge >= 0.3 is 0 Å². The topological polar surface area (TPSA) is 64.9 Å². The van der Waals surface area contributed by atoms with Gasteiger partial charge in [0.15, 0.2) is 0 Å². The van der Waals surface area contributed by atoms with Crippen molar-refractivity contribution in [1.29, 1.82) is 0 Å². The van der Waals surface area contributed by atoms with E-state index in [1.54, 1.807) is 6.20 Å². The Kier molecular flexibility index (Phi) is 3.75. The quantitative estimate of drug-likeness (QED) is 0.600. The standard InChI is InChI=1S/C14H9BrIN3O/c15-10-5-4-8(16)7-9(10)13-12(14(17)20-19-13)11-3-1-2-6-18-11/h1-7H,17H2. The van der Waals surface area contributed by atoms with Gasteiger partial charge in [0.05, 0.1) is 11.3 Å². The van der Waals surface area contributed by atoms with Gasteiger partial charge in [0.2, 0.25) is 5.88 Å². The average molecular weight is 442 g/mol. The summed E-state index contributed by atoms with van der Waals surface area (Å²) in [5.74, 6) is 0.268. The summed E-state index contributed by atoms with van der Waals surface area (Å²) in [4.78, 5) is 4.32. The monoisotopic (exact) mass is 441 g/mol. The molecule has 2 heterocycles. The van der Waals surface area contributed by atoms with Crippen LogP contribution in [0.5, 0.6) is 0 Å². The summed E-state index contributed by atoms with van der Waals surface area (Å²) >= 11 is 5.79. The van der Waals surface area contributed by atoms with Crippen molar-refractivity contribution in [2.24, 2.45) is 0 Å². The number of aromatic nitrogens is 2. The van der Waals surface area contributed by atoms with Crippen LogP contribution in [0.4, 0.5) is 5.88 Å². The van der Waals surface area contributed by atoms with Crippen molar-refractivity contribution in [3.8, 4) is 22.5 Å². The first-order chi connectivity index (χ1) is 9.66. The van der Waals surface area contributed by atoms with E-state index in [1.165, 1.54) is 0 Å². The summed E-state index contributed by atoms with van der Waals surface area (Å²) in [6, 6.07) is 11.7. The Morgan fingerprint density at radius 2 is 2.05 bits per heavy atom. The number of hydrogen-bond acceptors (Lipinski definition) is 4. The molecule has 0 aliphatic carbocycles. The van der Waals surface area contributed by atoms with Gasteiger partial charge in [0.25, 0.3) is 0 Å². The minimum absolute atomic E-state index is 0.268. The van der Waals surface area contributed by atoms with Crippen LogP contribution >= 0.6 is 38.5 Å². The number of nitrogens with zero attached hydrogens (tertiary/aromatic N) is 2. The van der Waals surface area contributed by atoms with E-state index in [2.05, 4.69) is 48.7 Å². The molecule has 0 atom stereocenters. The van der Waals surface area contributed by atoms with Crippen molar-refractivity contribution in [3.05, 3.63) is 50.6 Å². The first-order valence-electron chi connectivity index (χ1n) is 5.79. The van der Waals surface area contributed by atoms with Crippen LogP contribution in [-0.2, 0) is 0 Å². The highest BCUT2D eigenvalue weighted by atomic mass is 127. The van der Waals surface area contributed by atoms with Crippen molar-refractivity contribution < 1.29 is 4.52 Å². The molecule has 20 heavy (non-hydrogen) atoms. The molecule has 0 saturated heterocycles. The van der Waals surface area contributed by atoms with Gasteiger partial charge in [-0.25, -0.2) is 0 Å². The Morgan fingerprint density at radius 1 is 1.20 bits per heavy atom. The second kappa shape index (κ2) is 5.53. The summed E-state index contributed by atoms with van der Waals surface area (Å²) in [7, 11) is 0. The minimum Gasteiger partial charge on any atom is -0.367 e. The number of halogens is 2. The maximum atomic E-state index is 5.91. The fourth-order valence-electron chi connectivity index (χ4n) is 1.92. The molecule has 0 bridgehead atoms. The fourth-order valence-corrected chi connectivity index (χ4v) is 2.85. The van der Waals surface area contributed by atoms with Crippen LogP contribution in [0.15, 0.2) is 51.6 Å². The van der Waals surface area contributed by atoms with Crippen molar-refractivity contribution in [2.75, 3.05) is 5.73 Å². The Labute approximate surface area is 137 Å². The average Bonchev–Trinajstić information content (AvgIpc) is 2.84. The molecule has 2 N–H and O–H groups in total. The van der Waals surface area contributed by atoms with E-state index in [0.29, 0.717) is 11.3 Å². The molecule has 0 aliphatic rings. The molecule has 0 aliphatic heterocycles. The van der Waals surface area contributed by atoms with E-state index in [4.69, 9.17) is 10.3 Å². The first-order valence-corrected chi connectivity index (χ1v) is 7.66. The van der Waals surface area contributed by atoms with Gasteiger partial charge in [0, 0.05) is 19.8 Å². The number of hydrogen-bond donors (Lipinski definition) is 1. The van der Waals surface area contributed by atoms with Crippen molar-refractivity contribution in [1.82, 2.24) is 10.1 Å². The van der Waals surface area contributed by atoms with Crippen LogP contribution in [0, 0.1) is 3.57 Å². The van der Waals surface area contributed by atoms with Gasteiger partial charge in [-0.15, -0.1) is 0 Å². The minimum atomic E-state index is 0.268. The summed E-state index contributed by atoms with van der Waals surface area (Å²) in [6.45, 7) is 0. The number of nitrogen functional groups attached to an aromatic ring is 1. The molecule has 0 fully saturated rings. The molecule has 0 saturated carbocycles. The Bertz CT molecular complexity index is 758. The predicted octanol–water partition coefficient (Wildman–Crippen LogP) is 4.35. The Morgan fingerprint density at radius 3 is 2.80 bits per heavy atom. The Hall–Kier alpha value is -1.41. The van der Waals surface area contributed by atoms with Crippen molar-refractivity contribution in [3.63, 3.8) is 0 Å². The van der Waals surface area contributed by atoms with Crippen LogP contribution in [0.1, 0.15) is 0 Å². The molecule has 0 unspecified atom stereocenters. The third kappa shape index (κ3) is 2.45. The SMILES string of the molecule is Nc1onc(-c2cc(I)ccc2Br)c1-c1ccccn1. The van der Waals surface area contributed by atoms with E-state index in [1.807, 2.05) is 36.4 Å². The lowest BCUT2D eigenvalue weighted by molar-refractivity contribution is 0.439. The lowest BCUT2D eigenvalue weighted by atomic mass is 10.0. The lowest BCUT2D eigenvalue weighted by Crippen LogP contribution is -1.90. The molecular formula is C14H9BrIN3O. The molecule has 3 rings (SSSR count). The third-order valence-corrected chi connectivity index (χ3v) is 4.19. The number of nitrogens with two attached hydrogens (primary N) is 1. The van der Waals surface area contributed by atoms with Gasteiger partial charge in [-0.2, -0.15) is 0 Å². The van der Waals surface area contributed by atoms with Gasteiger partial charge < -0.3 is 10.3 Å². The van der Waals surface area contributed by atoms with Crippen LogP contribution in [-0.4, -0.2) is 10.1 Å². The van der Waals surface area contributed by atoms with Gasteiger partial charge in [-0.3, -0.25) is 4.98 Å². The predicted molar refractivity (Wildman–Crippen MR) is 90.0 cm³/mol. The zero-order valence-corrected chi connectivity index (χ0v) is 13.9. The highest BCUT2D eigenvalue weighted by Gasteiger charge is 2.20. The van der Waals surface area contributed by atoms with Gasteiger partial charge in [-0.1, -0.05) is 27.2 Å². The third-order valence-electron chi connectivity index (χ3n) is 2.82. The van der Waals surface area contributed by atoms with E-state index in [0.717, 1.165) is 19.3 Å². The lowest BCUT2D eigenvalue weighted by Gasteiger charge is -2.05. The van der Waals surface area contributed by atoms with E-state index < -0.39 is 0 Å². The Balaban J connectivity index is 2.24. The highest BCUT2D eigenvalue weighted by molar-refractivity contribution is 14.1. The van der Waals surface area contributed by atoms with E-state index >= 15 is 0 Å². The molecule has 2 aromatic heterocycles. The molecule has 1 aromatic carbocycles. The van der Waals surface area contributed by atoms with Crippen LogP contribution in [0.3, 0.4) is 0 Å². The summed E-state index contributed by atoms with van der Waals surface area (Å²) in [5.41, 5.74) is 8.99. The summed E-state index contributed by atoms with van der Waals surface area (Å²) in [5, 5.41) is 4.09. The number of rotatable bonds is 2. The maximum Gasteiger partial charge on any atom is 0.232 e. The molecule has 100 valence electrons. The molecule has 0 amide bonds. The van der Waals surface area contributed by atoms with Crippen molar-refractivity contribution >= 4 is 44.4 Å². The van der Waals surface area contributed by atoms with Crippen LogP contribution in [0.2, 0.25) is 0 Å². The molecule has 3 aromatic rings. The fraction of sp³-hybridized carbons (Fsp3) is 0. The normalized spacial score (nSPS) is 10.7. The zero-order chi connectivity index (χ0) is 14.1. The van der Waals surface area contributed by atoms with E-state index in [9.17, 15) is 0 Å². The summed E-state index contributed by atoms with van der Waals surface area (Å²) < 4.78 is 7.20. The second-order valence-electron chi connectivity index (χ2n) is 4.11. The molecule has 6 heteroatoms. The number of pyridine rings is 1. The zero-order valence-electron chi connectivity index (χ0n) is 10.2. The smallest absolute Gasteiger partial charge is 0.232 e.